The molecule has 8 heteroatoms. The summed E-state index contributed by atoms with van der Waals surface area (Å²) in [6, 6.07) is 10.1. The molecular weight excluding hydrogens is 483 g/mol. The van der Waals surface area contributed by atoms with Crippen molar-refractivity contribution in [3.63, 3.8) is 0 Å². The van der Waals surface area contributed by atoms with Gasteiger partial charge in [0.25, 0.3) is 0 Å². The van der Waals surface area contributed by atoms with Gasteiger partial charge >= 0.3 is 0 Å². The number of carbonyl (C=O) groups excluding carboxylic acids is 2. The Morgan fingerprint density at radius 3 is 2.54 bits per heavy atom. The van der Waals surface area contributed by atoms with Crippen LogP contribution < -0.4 is 16.4 Å². The zero-order chi connectivity index (χ0) is 25.5. The maximum atomic E-state index is 14.2. The van der Waals surface area contributed by atoms with E-state index in [0.29, 0.717) is 33.3 Å². The number of anilines is 2. The van der Waals surface area contributed by atoms with Crippen LogP contribution >= 0.6 is 23.2 Å². The molecule has 0 saturated carbocycles. The molecule has 2 aliphatic rings. The van der Waals surface area contributed by atoms with Crippen LogP contribution in [0, 0.1) is 11.3 Å². The number of allylic oxidation sites excluding steroid dienone is 1. The molecule has 2 atom stereocenters. The van der Waals surface area contributed by atoms with Gasteiger partial charge in [0.2, 0.25) is 5.91 Å². The van der Waals surface area contributed by atoms with Crippen molar-refractivity contribution in [2.24, 2.45) is 17.1 Å². The molecule has 0 aromatic heterocycles. The first kappa shape index (κ1) is 25.5. The van der Waals surface area contributed by atoms with E-state index >= 15 is 0 Å². The quantitative estimate of drug-likeness (QED) is 0.447. The minimum absolute atomic E-state index is 0.119. The number of hydrogen-bond acceptors (Lipinski definition) is 5. The first-order chi connectivity index (χ1) is 16.5. The van der Waals surface area contributed by atoms with Crippen molar-refractivity contribution in [3.8, 4) is 0 Å². The smallest absolute Gasteiger partial charge is 0.248 e. The third-order valence-corrected chi connectivity index (χ3v) is 7.59. The highest BCUT2D eigenvalue weighted by molar-refractivity contribution is 6.35. The van der Waals surface area contributed by atoms with E-state index in [1.54, 1.807) is 24.3 Å². The Bertz CT molecular complexity index is 1210. The minimum atomic E-state index is -0.508. The molecule has 4 N–H and O–H groups in total. The fourth-order valence-electron chi connectivity index (χ4n) is 5.21. The lowest BCUT2D eigenvalue weighted by molar-refractivity contribution is -0.124. The predicted octanol–water partition coefficient (Wildman–Crippen LogP) is 5.88. The number of fused-ring (bicyclic) bond motifs is 1. The van der Waals surface area contributed by atoms with Crippen molar-refractivity contribution < 1.29 is 9.59 Å². The number of nitrogens with one attached hydrogen (secondary N) is 2. The van der Waals surface area contributed by atoms with E-state index in [9.17, 15) is 9.59 Å². The van der Waals surface area contributed by atoms with Gasteiger partial charge in [0.05, 0.1) is 17.4 Å². The van der Waals surface area contributed by atoms with E-state index in [1.807, 2.05) is 26.2 Å². The van der Waals surface area contributed by atoms with Gasteiger partial charge in [-0.2, -0.15) is 0 Å². The zero-order valence-corrected chi connectivity index (χ0v) is 22.1. The van der Waals surface area contributed by atoms with Crippen molar-refractivity contribution in [2.45, 2.75) is 39.2 Å². The molecule has 2 aromatic carbocycles. The largest absolute Gasteiger partial charge is 0.372 e. The molecule has 1 heterocycles. The number of nitrogens with two attached hydrogens (primary N) is 1. The van der Waals surface area contributed by atoms with Crippen LogP contribution in [-0.2, 0) is 4.79 Å². The van der Waals surface area contributed by atoms with E-state index in [1.165, 1.54) is 0 Å². The molecule has 0 fully saturated rings. The Balaban J connectivity index is 1.84. The number of carbonyl (C=O) groups is 2. The van der Waals surface area contributed by atoms with Gasteiger partial charge in [-0.05, 0) is 81.2 Å². The molecule has 2 aromatic rings. The summed E-state index contributed by atoms with van der Waals surface area (Å²) >= 11 is 12.8. The van der Waals surface area contributed by atoms with Gasteiger partial charge in [0, 0.05) is 32.8 Å². The van der Waals surface area contributed by atoms with Crippen LogP contribution in [0.5, 0.6) is 0 Å². The molecule has 1 amide bonds. The Morgan fingerprint density at radius 2 is 1.89 bits per heavy atom. The molecule has 0 radical (unpaired) electrons. The number of hydrogen-bond donors (Lipinski definition) is 3. The molecular formula is C27H32Cl2N4O2. The lowest BCUT2D eigenvalue weighted by atomic mass is 9.64. The average molecular weight is 515 g/mol. The lowest BCUT2D eigenvalue weighted by Crippen LogP contribution is -2.40. The molecule has 1 aliphatic heterocycles. The zero-order valence-electron chi connectivity index (χ0n) is 20.5. The van der Waals surface area contributed by atoms with Gasteiger partial charge in [-0.25, -0.2) is 0 Å². The highest BCUT2D eigenvalue weighted by Crippen LogP contribution is 2.50. The number of ketones is 1. The molecule has 0 saturated heterocycles. The van der Waals surface area contributed by atoms with Crippen LogP contribution in [-0.4, -0.2) is 37.2 Å². The highest BCUT2D eigenvalue weighted by atomic mass is 35.5. The van der Waals surface area contributed by atoms with Crippen LogP contribution in [0.25, 0.3) is 0 Å². The lowest BCUT2D eigenvalue weighted by Gasteiger charge is -2.41. The van der Waals surface area contributed by atoms with Gasteiger partial charge in [-0.3, -0.25) is 9.59 Å². The van der Waals surface area contributed by atoms with E-state index < -0.39 is 11.9 Å². The molecule has 1 aliphatic carbocycles. The van der Waals surface area contributed by atoms with E-state index in [0.717, 1.165) is 36.3 Å². The molecule has 4 rings (SSSR count). The molecule has 0 bridgehead atoms. The van der Waals surface area contributed by atoms with Crippen molar-refractivity contribution >= 4 is 46.3 Å². The molecule has 186 valence electrons. The molecule has 0 spiro atoms. The van der Waals surface area contributed by atoms with Crippen molar-refractivity contribution in [2.75, 3.05) is 31.3 Å². The molecule has 2 unspecified atom stereocenters. The van der Waals surface area contributed by atoms with E-state index in [-0.39, 0.29) is 17.1 Å². The van der Waals surface area contributed by atoms with Gasteiger partial charge in [0.15, 0.2) is 5.78 Å². The molecule has 6 nitrogen and oxygen atoms in total. The molecule has 35 heavy (non-hydrogen) atoms. The summed E-state index contributed by atoms with van der Waals surface area (Å²) in [7, 11) is 4.09. The summed E-state index contributed by atoms with van der Waals surface area (Å²) in [4.78, 5) is 28.2. The predicted molar refractivity (Wildman–Crippen MR) is 143 cm³/mol. The average Bonchev–Trinajstić information content (AvgIpc) is 2.91. The normalized spacial score (nSPS) is 21.1. The maximum absolute atomic E-state index is 14.2. The summed E-state index contributed by atoms with van der Waals surface area (Å²) < 4.78 is 0. The second-order valence-electron chi connectivity index (χ2n) is 10.4. The Morgan fingerprint density at radius 1 is 1.14 bits per heavy atom. The number of Topliss-reactive ketones (excluding diaryl/α,β-unsaturated/α-hetero) is 1. The Labute approximate surface area is 216 Å². The van der Waals surface area contributed by atoms with Gasteiger partial charge in [-0.1, -0.05) is 43.1 Å². The summed E-state index contributed by atoms with van der Waals surface area (Å²) in [5.41, 5.74) is 9.45. The number of nitrogens with zero attached hydrogens (tertiary/aromatic N) is 1. The third-order valence-electron chi connectivity index (χ3n) is 7.03. The number of rotatable bonds is 6. The number of amides is 1. The summed E-state index contributed by atoms with van der Waals surface area (Å²) in [6.07, 6.45) is 2.43. The summed E-state index contributed by atoms with van der Waals surface area (Å²) in [6.45, 7) is 5.23. The van der Waals surface area contributed by atoms with Crippen LogP contribution in [0.1, 0.15) is 55.1 Å². The highest BCUT2D eigenvalue weighted by Gasteiger charge is 2.45. The summed E-state index contributed by atoms with van der Waals surface area (Å²) in [5, 5.41) is 8.02. The van der Waals surface area contributed by atoms with Crippen LogP contribution in [0.15, 0.2) is 47.7 Å². The third kappa shape index (κ3) is 5.20. The summed E-state index contributed by atoms with van der Waals surface area (Å²) in [5.74, 6) is -0.513. The van der Waals surface area contributed by atoms with Crippen molar-refractivity contribution in [3.05, 3.63) is 68.8 Å². The van der Waals surface area contributed by atoms with Crippen LogP contribution in [0.3, 0.4) is 0 Å². The minimum Gasteiger partial charge on any atom is -0.372 e. The second-order valence-corrected chi connectivity index (χ2v) is 11.3. The van der Waals surface area contributed by atoms with Gasteiger partial charge in [-0.15, -0.1) is 0 Å². The SMILES string of the molecule is CN(C)CCCC1C(=O)C2=C(CC1(C)C)Nc1cc(C(N)=O)ccc1NC2c1ccc(Cl)cc1Cl. The number of benzene rings is 2. The van der Waals surface area contributed by atoms with Crippen LogP contribution in [0.2, 0.25) is 10.0 Å². The number of primary amides is 1. The van der Waals surface area contributed by atoms with E-state index in [4.69, 9.17) is 28.9 Å². The standard InChI is InChI=1S/C27H32Cl2N4O2/c1-27(2)14-22-23(25(34)18(27)6-5-11-33(3)4)24(17-9-8-16(28)13-19(17)29)32-20-10-7-15(26(30)35)12-21(20)31-22/h7-10,12-13,18,24,31-32H,5-6,11,14H2,1-4H3,(H2,30,35). The first-order valence-corrected chi connectivity index (χ1v) is 12.6. The van der Waals surface area contributed by atoms with Crippen molar-refractivity contribution in [1.29, 1.82) is 0 Å². The second kappa shape index (κ2) is 9.84. The monoisotopic (exact) mass is 514 g/mol. The maximum Gasteiger partial charge on any atom is 0.248 e. The van der Waals surface area contributed by atoms with Gasteiger partial charge in [0.1, 0.15) is 0 Å². The van der Waals surface area contributed by atoms with E-state index in [2.05, 4.69) is 29.4 Å². The topological polar surface area (TPSA) is 87.5 Å². The van der Waals surface area contributed by atoms with Crippen molar-refractivity contribution in [1.82, 2.24) is 4.90 Å². The fourth-order valence-corrected chi connectivity index (χ4v) is 5.73. The Hall–Kier alpha value is -2.54. The Kier molecular flexibility index (Phi) is 7.18. The fraction of sp³-hybridized carbons (Fsp3) is 0.407. The van der Waals surface area contributed by atoms with Gasteiger partial charge < -0.3 is 21.3 Å². The first-order valence-electron chi connectivity index (χ1n) is 11.8. The number of halogens is 2. The van der Waals surface area contributed by atoms with Crippen LogP contribution in [0.4, 0.5) is 11.4 Å².